The third kappa shape index (κ3) is 5.95. The first-order chi connectivity index (χ1) is 13.4. The molecule has 0 fully saturated rings. The number of rotatable bonds is 6. The zero-order chi connectivity index (χ0) is 21.8. The van der Waals surface area contributed by atoms with Crippen LogP contribution < -0.4 is 9.73 Å². The molecule has 2 aromatic carbocycles. The molecule has 1 amide bonds. The molecule has 11 heteroatoms. The number of phenolic OH excluding ortho intramolecular Hbond substituents is 1. The lowest BCUT2D eigenvalue weighted by Crippen LogP contribution is -2.39. The van der Waals surface area contributed by atoms with Gasteiger partial charge in [-0.3, -0.25) is 9.10 Å². The molecule has 0 saturated carbocycles. The lowest BCUT2D eigenvalue weighted by molar-refractivity contribution is -0.137. The Bertz CT molecular complexity index is 1040. The van der Waals surface area contributed by atoms with Gasteiger partial charge in [-0.1, -0.05) is 18.2 Å². The van der Waals surface area contributed by atoms with Crippen LogP contribution in [0, 0.1) is 0 Å². The molecule has 0 heterocycles. The molecule has 29 heavy (non-hydrogen) atoms. The monoisotopic (exact) mass is 429 g/mol. The number of hydrazone groups is 1. The van der Waals surface area contributed by atoms with Crippen molar-refractivity contribution in [1.29, 1.82) is 0 Å². The van der Waals surface area contributed by atoms with Gasteiger partial charge in [-0.15, -0.1) is 0 Å². The van der Waals surface area contributed by atoms with E-state index in [1.807, 2.05) is 0 Å². The van der Waals surface area contributed by atoms with Gasteiger partial charge in [0.15, 0.2) is 0 Å². The number of phenols is 1. The average Bonchev–Trinajstić information content (AvgIpc) is 2.63. The summed E-state index contributed by atoms with van der Waals surface area (Å²) in [6.45, 7) is 0.730. The van der Waals surface area contributed by atoms with E-state index in [1.54, 1.807) is 18.2 Å². The Balaban J connectivity index is 2.23. The van der Waals surface area contributed by atoms with Gasteiger partial charge in [0, 0.05) is 5.56 Å². The van der Waals surface area contributed by atoms with Crippen LogP contribution in [0.15, 0.2) is 53.6 Å². The van der Waals surface area contributed by atoms with E-state index >= 15 is 0 Å². The number of nitrogens with zero attached hydrogens (tertiary/aromatic N) is 2. The molecule has 7 nitrogen and oxygen atoms in total. The SMILES string of the molecule is C/C(=N/NC(=O)CN(c1cccc(C(F)(F)F)c1)S(C)(=O)=O)c1ccccc1O. The molecule has 0 radical (unpaired) electrons. The third-order valence-corrected chi connectivity index (χ3v) is 4.93. The summed E-state index contributed by atoms with van der Waals surface area (Å²) in [4.78, 5) is 12.2. The first kappa shape index (κ1) is 22.2. The maximum atomic E-state index is 12.9. The molecule has 0 atom stereocenters. The number of alkyl halides is 3. The van der Waals surface area contributed by atoms with Crippen molar-refractivity contribution in [3.63, 3.8) is 0 Å². The molecular formula is C18H18F3N3O4S. The van der Waals surface area contributed by atoms with Crippen LogP contribution in [-0.2, 0) is 21.0 Å². The highest BCUT2D eigenvalue weighted by Gasteiger charge is 2.32. The Morgan fingerprint density at radius 3 is 2.41 bits per heavy atom. The minimum Gasteiger partial charge on any atom is -0.507 e. The predicted molar refractivity (Wildman–Crippen MR) is 102 cm³/mol. The van der Waals surface area contributed by atoms with Crippen LogP contribution in [-0.4, -0.2) is 37.9 Å². The maximum Gasteiger partial charge on any atom is 0.416 e. The first-order valence-electron chi connectivity index (χ1n) is 8.16. The summed E-state index contributed by atoms with van der Waals surface area (Å²) in [7, 11) is -4.06. The second kappa shape index (κ2) is 8.52. The van der Waals surface area contributed by atoms with Crippen LogP contribution >= 0.6 is 0 Å². The molecule has 0 aliphatic heterocycles. The summed E-state index contributed by atoms with van der Waals surface area (Å²) in [6, 6.07) is 9.88. The molecule has 0 bridgehead atoms. The Labute approximate surface area is 165 Å². The summed E-state index contributed by atoms with van der Waals surface area (Å²) < 4.78 is 63.3. The zero-order valence-electron chi connectivity index (χ0n) is 15.4. The summed E-state index contributed by atoms with van der Waals surface area (Å²) >= 11 is 0. The number of hydrogen-bond donors (Lipinski definition) is 2. The second-order valence-corrected chi connectivity index (χ2v) is 7.97. The Kier molecular flexibility index (Phi) is 6.52. The fourth-order valence-electron chi connectivity index (χ4n) is 2.39. The van der Waals surface area contributed by atoms with Crippen molar-refractivity contribution >= 4 is 27.3 Å². The van der Waals surface area contributed by atoms with Gasteiger partial charge in [0.1, 0.15) is 12.3 Å². The Hall–Kier alpha value is -3.08. The largest absolute Gasteiger partial charge is 0.507 e. The summed E-state index contributed by atoms with van der Waals surface area (Å²) in [5, 5.41) is 13.6. The minimum absolute atomic E-state index is 0.0651. The standard InChI is InChI=1S/C18H18F3N3O4S/c1-12(15-8-3-4-9-16(15)25)22-23-17(26)11-24(29(2,27)28)14-7-5-6-13(10-14)18(19,20)21/h3-10,25H,11H2,1-2H3,(H,23,26)/b22-12-. The number of anilines is 1. The van der Waals surface area contributed by atoms with Crippen LogP contribution in [0.1, 0.15) is 18.1 Å². The van der Waals surface area contributed by atoms with Crippen LogP contribution in [0.2, 0.25) is 0 Å². The number of aromatic hydroxyl groups is 1. The number of amides is 1. The number of halogens is 3. The fraction of sp³-hybridized carbons (Fsp3) is 0.222. The van der Waals surface area contributed by atoms with Crippen molar-refractivity contribution in [3.8, 4) is 5.75 Å². The Morgan fingerprint density at radius 2 is 1.83 bits per heavy atom. The number of nitrogens with one attached hydrogen (secondary N) is 1. The molecule has 0 aliphatic rings. The number of carbonyl (C=O) groups is 1. The quantitative estimate of drug-likeness (QED) is 0.545. The average molecular weight is 429 g/mol. The van der Waals surface area contributed by atoms with Crippen molar-refractivity contribution in [2.45, 2.75) is 13.1 Å². The van der Waals surface area contributed by atoms with Gasteiger partial charge in [0.2, 0.25) is 10.0 Å². The lowest BCUT2D eigenvalue weighted by atomic mass is 10.1. The molecule has 0 spiro atoms. The molecule has 0 unspecified atom stereocenters. The van der Waals surface area contributed by atoms with Gasteiger partial charge < -0.3 is 5.11 Å². The molecule has 2 aromatic rings. The van der Waals surface area contributed by atoms with E-state index < -0.39 is 34.2 Å². The number of benzene rings is 2. The highest BCUT2D eigenvalue weighted by Crippen LogP contribution is 2.32. The zero-order valence-corrected chi connectivity index (χ0v) is 16.3. The van der Waals surface area contributed by atoms with Gasteiger partial charge in [-0.05, 0) is 37.3 Å². The maximum absolute atomic E-state index is 12.9. The van der Waals surface area contributed by atoms with Gasteiger partial charge in [0.05, 0.1) is 23.2 Å². The van der Waals surface area contributed by atoms with Gasteiger partial charge in [-0.25, -0.2) is 13.8 Å². The van der Waals surface area contributed by atoms with E-state index in [0.29, 0.717) is 15.9 Å². The first-order valence-corrected chi connectivity index (χ1v) is 10.0. The number of sulfonamides is 1. The third-order valence-electron chi connectivity index (χ3n) is 3.79. The summed E-state index contributed by atoms with van der Waals surface area (Å²) in [5.74, 6) is -0.938. The topological polar surface area (TPSA) is 99.1 Å². The highest BCUT2D eigenvalue weighted by molar-refractivity contribution is 7.92. The predicted octanol–water partition coefficient (Wildman–Crippen LogP) is 2.72. The van der Waals surface area contributed by atoms with Crippen molar-refractivity contribution in [1.82, 2.24) is 5.43 Å². The van der Waals surface area contributed by atoms with Gasteiger partial charge in [0.25, 0.3) is 5.91 Å². The minimum atomic E-state index is -4.67. The van der Waals surface area contributed by atoms with Crippen molar-refractivity contribution in [2.24, 2.45) is 5.10 Å². The van der Waals surface area contributed by atoms with Crippen molar-refractivity contribution in [3.05, 3.63) is 59.7 Å². The van der Waals surface area contributed by atoms with Gasteiger partial charge in [-0.2, -0.15) is 18.3 Å². The van der Waals surface area contributed by atoms with Crippen LogP contribution in [0.4, 0.5) is 18.9 Å². The van der Waals surface area contributed by atoms with E-state index in [0.717, 1.165) is 24.5 Å². The molecule has 156 valence electrons. The number of carbonyl (C=O) groups excluding carboxylic acids is 1. The number of para-hydroxylation sites is 1. The van der Waals surface area contributed by atoms with Crippen LogP contribution in [0.5, 0.6) is 5.75 Å². The normalized spacial score (nSPS) is 12.5. The van der Waals surface area contributed by atoms with E-state index in [1.165, 1.54) is 13.0 Å². The van der Waals surface area contributed by atoms with Crippen LogP contribution in [0.3, 0.4) is 0 Å². The molecule has 0 aromatic heterocycles. The summed E-state index contributed by atoms with van der Waals surface area (Å²) in [6.07, 6.45) is -3.89. The van der Waals surface area contributed by atoms with E-state index in [9.17, 15) is 31.5 Å². The van der Waals surface area contributed by atoms with Gasteiger partial charge >= 0.3 is 6.18 Å². The van der Waals surface area contributed by atoms with E-state index in [2.05, 4.69) is 10.5 Å². The highest BCUT2D eigenvalue weighted by atomic mass is 32.2. The van der Waals surface area contributed by atoms with Crippen molar-refractivity contribution < 1.29 is 31.5 Å². The number of hydrogen-bond acceptors (Lipinski definition) is 5. The smallest absolute Gasteiger partial charge is 0.416 e. The van der Waals surface area contributed by atoms with E-state index in [-0.39, 0.29) is 17.1 Å². The molecule has 0 aliphatic carbocycles. The van der Waals surface area contributed by atoms with E-state index in [4.69, 9.17) is 0 Å². The molecule has 2 N–H and O–H groups in total. The fourth-order valence-corrected chi connectivity index (χ4v) is 3.24. The molecule has 2 rings (SSSR count). The lowest BCUT2D eigenvalue weighted by Gasteiger charge is -2.22. The second-order valence-electron chi connectivity index (χ2n) is 6.07. The molecule has 0 saturated heterocycles. The van der Waals surface area contributed by atoms with Crippen molar-refractivity contribution in [2.75, 3.05) is 17.1 Å². The van der Waals surface area contributed by atoms with Crippen LogP contribution in [0.25, 0.3) is 0 Å². The molecular weight excluding hydrogens is 411 g/mol. The summed E-state index contributed by atoms with van der Waals surface area (Å²) in [5.41, 5.74) is 1.39. The Morgan fingerprint density at radius 1 is 1.17 bits per heavy atom.